The van der Waals surface area contributed by atoms with E-state index >= 15 is 0 Å². The van der Waals surface area contributed by atoms with Crippen molar-refractivity contribution < 1.29 is 0 Å². The first-order chi connectivity index (χ1) is 8.31. The lowest BCUT2D eigenvalue weighted by molar-refractivity contribution is 0.980. The van der Waals surface area contributed by atoms with Crippen molar-refractivity contribution in [2.24, 2.45) is 0 Å². The van der Waals surface area contributed by atoms with Crippen LogP contribution in [0.1, 0.15) is 13.3 Å². The first kappa shape index (κ1) is 11.5. The van der Waals surface area contributed by atoms with Crippen LogP contribution in [0.3, 0.4) is 0 Å². The van der Waals surface area contributed by atoms with Gasteiger partial charge in [-0.15, -0.1) is 0 Å². The van der Waals surface area contributed by atoms with Crippen LogP contribution in [0.5, 0.6) is 0 Å². The molecule has 0 fully saturated rings. The average molecular weight is 226 g/mol. The third-order valence-corrected chi connectivity index (χ3v) is 2.73. The second kappa shape index (κ2) is 5.39. The largest absolute Gasteiger partial charge is 0.397 e. The van der Waals surface area contributed by atoms with Crippen molar-refractivity contribution >= 4 is 11.4 Å². The van der Waals surface area contributed by atoms with Crippen molar-refractivity contribution in [2.75, 3.05) is 17.6 Å². The fourth-order valence-electron chi connectivity index (χ4n) is 1.78. The Morgan fingerprint density at radius 3 is 2.47 bits per heavy atom. The second-order valence-corrected chi connectivity index (χ2v) is 4.09. The summed E-state index contributed by atoms with van der Waals surface area (Å²) < 4.78 is 0. The molecule has 2 aromatic carbocycles. The summed E-state index contributed by atoms with van der Waals surface area (Å²) in [5.41, 5.74) is 10.2. The van der Waals surface area contributed by atoms with Gasteiger partial charge in [-0.2, -0.15) is 0 Å². The summed E-state index contributed by atoms with van der Waals surface area (Å²) in [6.45, 7) is 3.09. The van der Waals surface area contributed by atoms with Gasteiger partial charge in [-0.3, -0.25) is 0 Å². The number of benzene rings is 2. The summed E-state index contributed by atoms with van der Waals surface area (Å²) in [6.07, 6.45) is 1.09. The third kappa shape index (κ3) is 2.78. The summed E-state index contributed by atoms with van der Waals surface area (Å²) in [5.74, 6) is 0. The summed E-state index contributed by atoms with van der Waals surface area (Å²) in [7, 11) is 0. The van der Waals surface area contributed by atoms with Crippen molar-refractivity contribution in [3.8, 4) is 11.1 Å². The molecule has 0 radical (unpaired) electrons. The van der Waals surface area contributed by atoms with Gasteiger partial charge >= 0.3 is 0 Å². The van der Waals surface area contributed by atoms with Gasteiger partial charge in [0.15, 0.2) is 0 Å². The minimum atomic E-state index is 0.804. The van der Waals surface area contributed by atoms with Crippen LogP contribution in [0.25, 0.3) is 11.1 Å². The zero-order valence-electron chi connectivity index (χ0n) is 10.1. The van der Waals surface area contributed by atoms with Crippen molar-refractivity contribution in [3.05, 3.63) is 48.5 Å². The van der Waals surface area contributed by atoms with Gasteiger partial charge in [0.25, 0.3) is 0 Å². The maximum atomic E-state index is 5.95. The van der Waals surface area contributed by atoms with E-state index in [9.17, 15) is 0 Å². The summed E-state index contributed by atoms with van der Waals surface area (Å²) in [4.78, 5) is 0. The number of hydrogen-bond donors (Lipinski definition) is 2. The third-order valence-electron chi connectivity index (χ3n) is 2.73. The number of anilines is 2. The second-order valence-electron chi connectivity index (χ2n) is 4.09. The molecule has 0 saturated heterocycles. The Balaban J connectivity index is 2.31. The SMILES string of the molecule is CCCNc1cc(-c2ccccc2)ccc1N. The zero-order valence-corrected chi connectivity index (χ0v) is 10.1. The molecular formula is C15H18N2. The molecule has 0 saturated carbocycles. The topological polar surface area (TPSA) is 38.0 Å². The van der Waals surface area contributed by atoms with E-state index in [1.54, 1.807) is 0 Å². The highest BCUT2D eigenvalue weighted by atomic mass is 14.9. The maximum absolute atomic E-state index is 5.95. The molecule has 0 atom stereocenters. The number of nitrogen functional groups attached to an aromatic ring is 1. The van der Waals surface area contributed by atoms with Gasteiger partial charge in [-0.05, 0) is 29.7 Å². The van der Waals surface area contributed by atoms with E-state index in [1.807, 2.05) is 24.3 Å². The molecule has 0 amide bonds. The minimum absolute atomic E-state index is 0.804. The summed E-state index contributed by atoms with van der Waals surface area (Å²) in [6, 6.07) is 16.5. The predicted molar refractivity (Wildman–Crippen MR) is 75.1 cm³/mol. The van der Waals surface area contributed by atoms with Gasteiger partial charge < -0.3 is 11.1 Å². The first-order valence-electron chi connectivity index (χ1n) is 6.00. The Bertz CT molecular complexity index is 478. The van der Waals surface area contributed by atoms with Gasteiger partial charge in [-0.1, -0.05) is 43.3 Å². The molecule has 0 heterocycles. The zero-order chi connectivity index (χ0) is 12.1. The lowest BCUT2D eigenvalue weighted by Crippen LogP contribution is -2.03. The van der Waals surface area contributed by atoms with Crippen LogP contribution in [-0.4, -0.2) is 6.54 Å². The van der Waals surface area contributed by atoms with Gasteiger partial charge in [0.2, 0.25) is 0 Å². The molecule has 0 aliphatic heterocycles. The molecule has 0 bridgehead atoms. The molecule has 17 heavy (non-hydrogen) atoms. The molecule has 0 aliphatic carbocycles. The molecule has 2 rings (SSSR count). The number of nitrogens with one attached hydrogen (secondary N) is 1. The van der Waals surface area contributed by atoms with E-state index < -0.39 is 0 Å². The van der Waals surface area contributed by atoms with Gasteiger partial charge in [0.05, 0.1) is 11.4 Å². The molecule has 0 unspecified atom stereocenters. The van der Waals surface area contributed by atoms with E-state index in [0.717, 1.165) is 24.3 Å². The molecular weight excluding hydrogens is 208 g/mol. The number of rotatable bonds is 4. The van der Waals surface area contributed by atoms with Crippen LogP contribution in [0.2, 0.25) is 0 Å². The summed E-state index contributed by atoms with van der Waals surface area (Å²) in [5, 5.41) is 3.35. The van der Waals surface area contributed by atoms with Gasteiger partial charge in [-0.25, -0.2) is 0 Å². The molecule has 3 N–H and O–H groups in total. The Labute approximate surface area is 102 Å². The van der Waals surface area contributed by atoms with Crippen LogP contribution in [-0.2, 0) is 0 Å². The number of hydrogen-bond acceptors (Lipinski definition) is 2. The molecule has 2 nitrogen and oxygen atoms in total. The van der Waals surface area contributed by atoms with Crippen LogP contribution in [0.15, 0.2) is 48.5 Å². The normalized spacial score (nSPS) is 10.2. The molecule has 0 aromatic heterocycles. The van der Waals surface area contributed by atoms with Crippen LogP contribution < -0.4 is 11.1 Å². The number of nitrogens with two attached hydrogens (primary N) is 1. The Kier molecular flexibility index (Phi) is 3.66. The highest BCUT2D eigenvalue weighted by molar-refractivity contribution is 5.76. The molecule has 0 aliphatic rings. The standard InChI is InChI=1S/C15H18N2/c1-2-10-17-15-11-13(8-9-14(15)16)12-6-4-3-5-7-12/h3-9,11,17H,2,10,16H2,1H3. The quantitative estimate of drug-likeness (QED) is 0.779. The van der Waals surface area contributed by atoms with Crippen molar-refractivity contribution in [3.63, 3.8) is 0 Å². The fourth-order valence-corrected chi connectivity index (χ4v) is 1.78. The molecule has 0 spiro atoms. The van der Waals surface area contributed by atoms with Crippen LogP contribution >= 0.6 is 0 Å². The van der Waals surface area contributed by atoms with Crippen molar-refractivity contribution in [1.29, 1.82) is 0 Å². The van der Waals surface area contributed by atoms with E-state index in [1.165, 1.54) is 11.1 Å². The molecule has 2 heteroatoms. The highest BCUT2D eigenvalue weighted by Gasteiger charge is 2.02. The maximum Gasteiger partial charge on any atom is 0.0580 e. The van der Waals surface area contributed by atoms with E-state index in [0.29, 0.717) is 0 Å². The van der Waals surface area contributed by atoms with Crippen LogP contribution in [0.4, 0.5) is 11.4 Å². The Hall–Kier alpha value is -1.96. The van der Waals surface area contributed by atoms with Crippen molar-refractivity contribution in [2.45, 2.75) is 13.3 Å². The van der Waals surface area contributed by atoms with E-state index in [4.69, 9.17) is 5.73 Å². The van der Waals surface area contributed by atoms with Crippen molar-refractivity contribution in [1.82, 2.24) is 0 Å². The first-order valence-corrected chi connectivity index (χ1v) is 6.00. The van der Waals surface area contributed by atoms with Crippen LogP contribution in [0, 0.1) is 0 Å². The average Bonchev–Trinajstić information content (AvgIpc) is 2.39. The molecule has 2 aromatic rings. The highest BCUT2D eigenvalue weighted by Crippen LogP contribution is 2.26. The van der Waals surface area contributed by atoms with E-state index in [-0.39, 0.29) is 0 Å². The van der Waals surface area contributed by atoms with Gasteiger partial charge in [0, 0.05) is 6.54 Å². The van der Waals surface area contributed by atoms with Gasteiger partial charge in [0.1, 0.15) is 0 Å². The fraction of sp³-hybridized carbons (Fsp3) is 0.200. The minimum Gasteiger partial charge on any atom is -0.397 e. The lowest BCUT2D eigenvalue weighted by Gasteiger charge is -2.10. The Morgan fingerprint density at radius 2 is 1.76 bits per heavy atom. The smallest absolute Gasteiger partial charge is 0.0580 e. The molecule has 88 valence electrons. The Morgan fingerprint density at radius 1 is 1.00 bits per heavy atom. The predicted octanol–water partition coefficient (Wildman–Crippen LogP) is 3.76. The lowest BCUT2D eigenvalue weighted by atomic mass is 10.0. The summed E-state index contributed by atoms with van der Waals surface area (Å²) >= 11 is 0. The monoisotopic (exact) mass is 226 g/mol. The van der Waals surface area contributed by atoms with E-state index in [2.05, 4.69) is 36.5 Å².